The maximum absolute atomic E-state index is 13.8. The van der Waals surface area contributed by atoms with Gasteiger partial charge < -0.3 is 9.73 Å². The molecule has 0 saturated heterocycles. The zero-order valence-corrected chi connectivity index (χ0v) is 16.0. The molecule has 8 heteroatoms. The molecule has 0 aliphatic heterocycles. The number of hydrogen-bond donors (Lipinski definition) is 2. The SMILES string of the molecule is Cl.NS(=O)(=O)c1ccc(CCNCc2ccc(-c3ccccc3F)o2)cc1. The molecule has 0 aliphatic carbocycles. The number of benzene rings is 2. The molecule has 1 aromatic heterocycles. The van der Waals surface area contributed by atoms with E-state index in [1.54, 1.807) is 36.4 Å². The fourth-order valence-electron chi connectivity index (χ4n) is 2.57. The van der Waals surface area contributed by atoms with Gasteiger partial charge in [0.1, 0.15) is 17.3 Å². The molecule has 0 spiro atoms. The molecule has 0 amide bonds. The molecule has 0 radical (unpaired) electrons. The average Bonchev–Trinajstić information content (AvgIpc) is 3.07. The van der Waals surface area contributed by atoms with Crippen LogP contribution in [0.5, 0.6) is 0 Å². The number of sulfonamides is 1. The van der Waals surface area contributed by atoms with E-state index in [9.17, 15) is 12.8 Å². The van der Waals surface area contributed by atoms with E-state index < -0.39 is 10.0 Å². The molecule has 27 heavy (non-hydrogen) atoms. The first-order valence-electron chi connectivity index (χ1n) is 8.09. The van der Waals surface area contributed by atoms with Gasteiger partial charge in [-0.3, -0.25) is 0 Å². The molecule has 5 nitrogen and oxygen atoms in total. The monoisotopic (exact) mass is 410 g/mol. The van der Waals surface area contributed by atoms with Gasteiger partial charge >= 0.3 is 0 Å². The highest BCUT2D eigenvalue weighted by Crippen LogP contribution is 2.24. The van der Waals surface area contributed by atoms with Gasteiger partial charge in [-0.1, -0.05) is 24.3 Å². The molecular weight excluding hydrogens is 391 g/mol. The number of primary sulfonamides is 1. The summed E-state index contributed by atoms with van der Waals surface area (Å²) < 4.78 is 41.9. The van der Waals surface area contributed by atoms with Crippen LogP contribution in [0, 0.1) is 5.82 Å². The molecule has 0 aliphatic rings. The number of halogens is 2. The lowest BCUT2D eigenvalue weighted by atomic mass is 10.1. The summed E-state index contributed by atoms with van der Waals surface area (Å²) in [5.41, 5.74) is 1.44. The predicted octanol–water partition coefficient (Wildman–Crippen LogP) is 3.49. The molecule has 144 valence electrons. The van der Waals surface area contributed by atoms with E-state index in [1.807, 2.05) is 6.07 Å². The van der Waals surface area contributed by atoms with Crippen LogP contribution in [0.25, 0.3) is 11.3 Å². The first kappa shape index (κ1) is 21.1. The topological polar surface area (TPSA) is 85.3 Å². The second-order valence-electron chi connectivity index (χ2n) is 5.86. The minimum atomic E-state index is -3.66. The maximum atomic E-state index is 13.8. The van der Waals surface area contributed by atoms with Crippen LogP contribution >= 0.6 is 12.4 Å². The van der Waals surface area contributed by atoms with E-state index in [2.05, 4.69) is 5.32 Å². The highest BCUT2D eigenvalue weighted by molar-refractivity contribution is 7.89. The van der Waals surface area contributed by atoms with Crippen molar-refractivity contribution in [1.29, 1.82) is 0 Å². The molecule has 3 N–H and O–H groups in total. The van der Waals surface area contributed by atoms with Gasteiger partial charge in [-0.15, -0.1) is 12.4 Å². The molecule has 2 aromatic carbocycles. The van der Waals surface area contributed by atoms with Gasteiger partial charge in [0.25, 0.3) is 0 Å². The molecule has 0 unspecified atom stereocenters. The van der Waals surface area contributed by atoms with Crippen molar-refractivity contribution in [3.8, 4) is 11.3 Å². The summed E-state index contributed by atoms with van der Waals surface area (Å²) in [6.07, 6.45) is 0.728. The van der Waals surface area contributed by atoms with Crippen LogP contribution in [0.3, 0.4) is 0 Å². The summed E-state index contributed by atoms with van der Waals surface area (Å²) in [5, 5.41) is 8.32. The molecule has 0 atom stereocenters. The lowest BCUT2D eigenvalue weighted by Crippen LogP contribution is -2.16. The first-order chi connectivity index (χ1) is 12.4. The highest BCUT2D eigenvalue weighted by Gasteiger charge is 2.09. The maximum Gasteiger partial charge on any atom is 0.238 e. The Morgan fingerprint density at radius 3 is 2.37 bits per heavy atom. The van der Waals surface area contributed by atoms with Crippen molar-refractivity contribution in [2.45, 2.75) is 17.9 Å². The van der Waals surface area contributed by atoms with E-state index in [4.69, 9.17) is 9.56 Å². The Labute approximate surface area is 163 Å². The molecular formula is C19H20ClFN2O3S. The van der Waals surface area contributed by atoms with Crippen LogP contribution in [-0.4, -0.2) is 15.0 Å². The van der Waals surface area contributed by atoms with Crippen LogP contribution in [-0.2, 0) is 23.0 Å². The summed E-state index contributed by atoms with van der Waals surface area (Å²) in [6.45, 7) is 1.20. The molecule has 0 bridgehead atoms. The zero-order valence-electron chi connectivity index (χ0n) is 14.4. The molecule has 0 fully saturated rings. The summed E-state index contributed by atoms with van der Waals surface area (Å²) in [5.74, 6) is 0.899. The van der Waals surface area contributed by atoms with Gasteiger partial charge in [-0.25, -0.2) is 17.9 Å². The van der Waals surface area contributed by atoms with E-state index in [0.29, 0.717) is 30.2 Å². The Hall–Kier alpha value is -2.19. The normalized spacial score (nSPS) is 11.2. The Morgan fingerprint density at radius 1 is 1.00 bits per heavy atom. The molecule has 0 saturated carbocycles. The fourth-order valence-corrected chi connectivity index (χ4v) is 3.08. The van der Waals surface area contributed by atoms with Crippen molar-refractivity contribution in [3.63, 3.8) is 0 Å². The quantitative estimate of drug-likeness (QED) is 0.584. The van der Waals surface area contributed by atoms with Gasteiger partial charge in [-0.2, -0.15) is 0 Å². The Bertz CT molecular complexity index is 988. The minimum absolute atomic E-state index is 0. The van der Waals surface area contributed by atoms with Crippen molar-refractivity contribution in [1.82, 2.24) is 5.32 Å². The van der Waals surface area contributed by atoms with Gasteiger partial charge in [0.05, 0.1) is 17.0 Å². The predicted molar refractivity (Wildman–Crippen MR) is 105 cm³/mol. The van der Waals surface area contributed by atoms with Crippen molar-refractivity contribution in [2.24, 2.45) is 5.14 Å². The summed E-state index contributed by atoms with van der Waals surface area (Å²) in [4.78, 5) is 0.102. The lowest BCUT2D eigenvalue weighted by Gasteiger charge is -2.05. The third-order valence-corrected chi connectivity index (χ3v) is 4.87. The van der Waals surface area contributed by atoms with Crippen molar-refractivity contribution >= 4 is 22.4 Å². The van der Waals surface area contributed by atoms with Crippen LogP contribution in [0.4, 0.5) is 4.39 Å². The second-order valence-corrected chi connectivity index (χ2v) is 7.42. The van der Waals surface area contributed by atoms with Crippen molar-refractivity contribution in [3.05, 3.63) is 77.8 Å². The molecule has 1 heterocycles. The average molecular weight is 411 g/mol. The minimum Gasteiger partial charge on any atom is -0.460 e. The summed E-state index contributed by atoms with van der Waals surface area (Å²) >= 11 is 0. The zero-order chi connectivity index (χ0) is 18.6. The van der Waals surface area contributed by atoms with E-state index in [-0.39, 0.29) is 23.1 Å². The Kier molecular flexibility index (Phi) is 7.15. The molecule has 3 aromatic rings. The van der Waals surface area contributed by atoms with E-state index >= 15 is 0 Å². The summed E-state index contributed by atoms with van der Waals surface area (Å²) in [6, 6.07) is 16.5. The Balaban J connectivity index is 0.00000261. The number of rotatable bonds is 7. The van der Waals surface area contributed by atoms with E-state index in [0.717, 1.165) is 12.0 Å². The highest BCUT2D eigenvalue weighted by atomic mass is 35.5. The third-order valence-electron chi connectivity index (χ3n) is 3.94. The van der Waals surface area contributed by atoms with Crippen LogP contribution in [0.15, 0.2) is 70.0 Å². The second kappa shape index (κ2) is 9.14. The van der Waals surface area contributed by atoms with Crippen molar-refractivity contribution < 1.29 is 17.2 Å². The number of furan rings is 1. The molecule has 3 rings (SSSR count). The first-order valence-corrected chi connectivity index (χ1v) is 9.64. The Morgan fingerprint density at radius 2 is 1.70 bits per heavy atom. The van der Waals surface area contributed by atoms with Crippen LogP contribution < -0.4 is 10.5 Å². The van der Waals surface area contributed by atoms with Crippen molar-refractivity contribution in [2.75, 3.05) is 6.54 Å². The van der Waals surface area contributed by atoms with Crippen LogP contribution in [0.2, 0.25) is 0 Å². The van der Waals surface area contributed by atoms with Gasteiger partial charge in [0.2, 0.25) is 10.0 Å². The lowest BCUT2D eigenvalue weighted by molar-refractivity contribution is 0.491. The van der Waals surface area contributed by atoms with Crippen LogP contribution in [0.1, 0.15) is 11.3 Å². The number of hydrogen-bond acceptors (Lipinski definition) is 4. The standard InChI is InChI=1S/C19H19FN2O3S.ClH/c20-18-4-2-1-3-17(18)19-10-7-15(25-19)13-22-12-11-14-5-8-16(9-6-14)26(21,23)24;/h1-10,22H,11-13H2,(H2,21,23,24);1H. The fraction of sp³-hybridized carbons (Fsp3) is 0.158. The van der Waals surface area contributed by atoms with E-state index in [1.165, 1.54) is 18.2 Å². The third kappa shape index (κ3) is 5.64. The van der Waals surface area contributed by atoms with Gasteiger partial charge in [-0.05, 0) is 54.9 Å². The van der Waals surface area contributed by atoms with Gasteiger partial charge in [0.15, 0.2) is 0 Å². The smallest absolute Gasteiger partial charge is 0.238 e. The largest absolute Gasteiger partial charge is 0.460 e. The summed E-state index contributed by atoms with van der Waals surface area (Å²) in [7, 11) is -3.66. The number of nitrogens with two attached hydrogens (primary N) is 1. The van der Waals surface area contributed by atoms with Gasteiger partial charge in [0, 0.05) is 0 Å². The number of nitrogens with one attached hydrogen (secondary N) is 1.